The maximum Gasteiger partial charge on any atom is 0.123 e. The molecule has 1 atom stereocenters. The van der Waals surface area contributed by atoms with Gasteiger partial charge in [0.25, 0.3) is 0 Å². The normalized spacial score (nSPS) is 23.3. The van der Waals surface area contributed by atoms with Crippen molar-refractivity contribution in [3.63, 3.8) is 0 Å². The minimum Gasteiger partial charge on any atom is -0.371 e. The molecule has 18 heavy (non-hydrogen) atoms. The van der Waals surface area contributed by atoms with Crippen LogP contribution in [0.4, 0.5) is 10.1 Å². The molecule has 100 valence electrons. The molecule has 0 amide bonds. The Bertz CT molecular complexity index is 447. The zero-order valence-electron chi connectivity index (χ0n) is 12.2. The molecule has 0 aromatic heterocycles. The van der Waals surface area contributed by atoms with E-state index in [-0.39, 0.29) is 16.6 Å². The molecule has 1 aliphatic heterocycles. The van der Waals surface area contributed by atoms with E-state index < -0.39 is 0 Å². The number of likely N-dealkylation sites (N-methyl/N-ethyl adjacent to an activating group) is 1. The fourth-order valence-electron chi connectivity index (χ4n) is 3.42. The van der Waals surface area contributed by atoms with E-state index in [9.17, 15) is 4.39 Å². The molecule has 0 radical (unpaired) electrons. The molecular weight excluding hydrogens is 225 g/mol. The number of rotatable bonds is 2. The lowest BCUT2D eigenvalue weighted by Crippen LogP contribution is -2.43. The summed E-state index contributed by atoms with van der Waals surface area (Å²) in [6.07, 6.45) is 1.05. The summed E-state index contributed by atoms with van der Waals surface area (Å²) in [5.41, 5.74) is 2.60. The first-order valence-electron chi connectivity index (χ1n) is 6.90. The predicted molar refractivity (Wildman–Crippen MR) is 75.7 cm³/mol. The second-order valence-corrected chi connectivity index (χ2v) is 6.36. The van der Waals surface area contributed by atoms with Crippen molar-refractivity contribution < 1.29 is 4.39 Å². The highest BCUT2D eigenvalue weighted by Gasteiger charge is 2.48. The zero-order valence-corrected chi connectivity index (χ0v) is 12.2. The number of hydrogen-bond donors (Lipinski definition) is 0. The maximum absolute atomic E-state index is 13.6. The first-order valence-corrected chi connectivity index (χ1v) is 6.90. The highest BCUT2D eigenvalue weighted by molar-refractivity contribution is 5.63. The van der Waals surface area contributed by atoms with Gasteiger partial charge in [0.2, 0.25) is 0 Å². The first kappa shape index (κ1) is 13.4. The molecule has 0 fully saturated rings. The Labute approximate surface area is 110 Å². The summed E-state index contributed by atoms with van der Waals surface area (Å²) in [4.78, 5) is 2.38. The summed E-state index contributed by atoms with van der Waals surface area (Å²) in [5.74, 6) is -0.117. The van der Waals surface area contributed by atoms with E-state index in [1.54, 1.807) is 12.1 Å². The summed E-state index contributed by atoms with van der Waals surface area (Å²) in [6, 6.07) is 5.27. The van der Waals surface area contributed by atoms with Crippen LogP contribution in [0.2, 0.25) is 0 Å². The van der Waals surface area contributed by atoms with Gasteiger partial charge in [0, 0.05) is 24.2 Å². The number of halogens is 1. The van der Waals surface area contributed by atoms with Gasteiger partial charge in [0.15, 0.2) is 0 Å². The van der Waals surface area contributed by atoms with Crippen LogP contribution in [-0.4, -0.2) is 13.1 Å². The standard InChI is InChI=1S/C16H24FN/c1-6-16(15(3,4)5)11-18(7-2)14-9-8-12(17)10-13(14)16/h8-10H,6-7,11H2,1-5H3. The van der Waals surface area contributed by atoms with Crippen LogP contribution in [0.15, 0.2) is 18.2 Å². The van der Waals surface area contributed by atoms with Crippen molar-refractivity contribution in [1.82, 2.24) is 0 Å². The fourth-order valence-corrected chi connectivity index (χ4v) is 3.42. The summed E-state index contributed by atoms with van der Waals surface area (Å²) in [5, 5.41) is 0. The van der Waals surface area contributed by atoms with Crippen LogP contribution in [0.5, 0.6) is 0 Å². The first-order chi connectivity index (χ1) is 8.35. The van der Waals surface area contributed by atoms with Crippen LogP contribution in [0.25, 0.3) is 0 Å². The van der Waals surface area contributed by atoms with Crippen LogP contribution in [-0.2, 0) is 5.41 Å². The molecule has 0 saturated heterocycles. The van der Waals surface area contributed by atoms with Crippen LogP contribution in [0, 0.1) is 11.2 Å². The van der Waals surface area contributed by atoms with Crippen molar-refractivity contribution in [2.75, 3.05) is 18.0 Å². The van der Waals surface area contributed by atoms with E-state index in [1.165, 1.54) is 11.3 Å². The summed E-state index contributed by atoms with van der Waals surface area (Å²) >= 11 is 0. The van der Waals surface area contributed by atoms with Crippen LogP contribution >= 0.6 is 0 Å². The van der Waals surface area contributed by atoms with Gasteiger partial charge in [0.1, 0.15) is 5.82 Å². The van der Waals surface area contributed by atoms with Gasteiger partial charge < -0.3 is 4.90 Å². The van der Waals surface area contributed by atoms with Gasteiger partial charge in [-0.1, -0.05) is 27.7 Å². The molecule has 1 aromatic rings. The average molecular weight is 249 g/mol. The predicted octanol–water partition coefficient (Wildman–Crippen LogP) is 4.36. The number of benzene rings is 1. The summed E-state index contributed by atoms with van der Waals surface area (Å²) in [7, 11) is 0. The number of nitrogens with zero attached hydrogens (tertiary/aromatic N) is 1. The van der Waals surface area contributed by atoms with E-state index in [0.717, 1.165) is 19.5 Å². The van der Waals surface area contributed by atoms with Crippen LogP contribution < -0.4 is 4.90 Å². The Morgan fingerprint density at radius 1 is 1.28 bits per heavy atom. The van der Waals surface area contributed by atoms with Gasteiger partial charge in [-0.25, -0.2) is 4.39 Å². The van der Waals surface area contributed by atoms with Crippen LogP contribution in [0.1, 0.15) is 46.6 Å². The molecule has 2 rings (SSSR count). The molecule has 1 unspecified atom stereocenters. The molecule has 2 heteroatoms. The van der Waals surface area contributed by atoms with Gasteiger partial charge in [-0.15, -0.1) is 0 Å². The smallest absolute Gasteiger partial charge is 0.123 e. The van der Waals surface area contributed by atoms with Gasteiger partial charge in [-0.05, 0) is 42.5 Å². The SMILES string of the molecule is CCN1CC(CC)(C(C)(C)C)c2cc(F)ccc21. The Hall–Kier alpha value is -1.05. The van der Waals surface area contributed by atoms with Gasteiger partial charge in [0.05, 0.1) is 0 Å². The number of hydrogen-bond acceptors (Lipinski definition) is 1. The Morgan fingerprint density at radius 2 is 1.94 bits per heavy atom. The lowest BCUT2D eigenvalue weighted by molar-refractivity contribution is 0.190. The van der Waals surface area contributed by atoms with E-state index in [0.29, 0.717) is 0 Å². The Balaban J connectivity index is 2.64. The Morgan fingerprint density at radius 3 is 2.44 bits per heavy atom. The van der Waals surface area contributed by atoms with Gasteiger partial charge in [-0.2, -0.15) is 0 Å². The lowest BCUT2D eigenvalue weighted by Gasteiger charge is -2.42. The van der Waals surface area contributed by atoms with Crippen molar-refractivity contribution in [1.29, 1.82) is 0 Å². The molecule has 1 nitrogen and oxygen atoms in total. The zero-order chi connectivity index (χ0) is 13.6. The topological polar surface area (TPSA) is 3.24 Å². The third-order valence-electron chi connectivity index (χ3n) is 4.70. The molecule has 0 spiro atoms. The second-order valence-electron chi connectivity index (χ2n) is 6.36. The minimum atomic E-state index is -0.117. The highest BCUT2D eigenvalue weighted by atomic mass is 19.1. The molecule has 1 heterocycles. The molecule has 0 bridgehead atoms. The largest absolute Gasteiger partial charge is 0.371 e. The van der Waals surface area contributed by atoms with Crippen molar-refractivity contribution in [2.45, 2.75) is 46.5 Å². The van der Waals surface area contributed by atoms with Crippen molar-refractivity contribution in [3.05, 3.63) is 29.6 Å². The van der Waals surface area contributed by atoms with Gasteiger partial charge >= 0.3 is 0 Å². The lowest BCUT2D eigenvalue weighted by atomic mass is 9.62. The van der Waals surface area contributed by atoms with Crippen molar-refractivity contribution >= 4 is 5.69 Å². The summed E-state index contributed by atoms with van der Waals surface area (Å²) in [6.45, 7) is 13.2. The molecule has 0 N–H and O–H groups in total. The second kappa shape index (κ2) is 4.25. The molecule has 0 aliphatic carbocycles. The van der Waals surface area contributed by atoms with E-state index in [1.807, 2.05) is 6.07 Å². The Kier molecular flexibility index (Phi) is 3.16. The minimum absolute atomic E-state index is 0.0560. The maximum atomic E-state index is 13.6. The molecular formula is C16H24FN. The van der Waals surface area contributed by atoms with Crippen molar-refractivity contribution in [3.8, 4) is 0 Å². The van der Waals surface area contributed by atoms with E-state index >= 15 is 0 Å². The molecule has 1 aliphatic rings. The highest BCUT2D eigenvalue weighted by Crippen LogP contribution is 2.52. The summed E-state index contributed by atoms with van der Waals surface area (Å²) < 4.78 is 13.6. The van der Waals surface area contributed by atoms with Gasteiger partial charge in [-0.3, -0.25) is 0 Å². The third kappa shape index (κ3) is 1.73. The quantitative estimate of drug-likeness (QED) is 0.752. The van der Waals surface area contributed by atoms with E-state index in [2.05, 4.69) is 39.5 Å². The van der Waals surface area contributed by atoms with E-state index in [4.69, 9.17) is 0 Å². The van der Waals surface area contributed by atoms with Crippen molar-refractivity contribution in [2.24, 2.45) is 5.41 Å². The molecule has 1 aromatic carbocycles. The number of anilines is 1. The number of fused-ring (bicyclic) bond motifs is 1. The monoisotopic (exact) mass is 249 g/mol. The van der Waals surface area contributed by atoms with Crippen LogP contribution in [0.3, 0.4) is 0 Å². The average Bonchev–Trinajstić information content (AvgIpc) is 2.62. The molecule has 0 saturated carbocycles. The third-order valence-corrected chi connectivity index (χ3v) is 4.70. The fraction of sp³-hybridized carbons (Fsp3) is 0.625.